The second-order valence-corrected chi connectivity index (χ2v) is 3.91. The molecule has 0 aliphatic carbocycles. The highest BCUT2D eigenvalue weighted by molar-refractivity contribution is 5.61. The van der Waals surface area contributed by atoms with Crippen molar-refractivity contribution in [3.63, 3.8) is 0 Å². The molecule has 2 heterocycles. The summed E-state index contributed by atoms with van der Waals surface area (Å²) in [4.78, 5) is 12.5. The lowest BCUT2D eigenvalue weighted by molar-refractivity contribution is 0.178. The Morgan fingerprint density at radius 2 is 2.11 bits per heavy atom. The van der Waals surface area contributed by atoms with Crippen LogP contribution in [-0.4, -0.2) is 28.6 Å². The molecular formula is C13H15FN4O. The van der Waals surface area contributed by atoms with Gasteiger partial charge in [-0.15, -0.1) is 0 Å². The Hall–Kier alpha value is -2.08. The maximum Gasteiger partial charge on any atom is 0.157 e. The average molecular weight is 262 g/mol. The summed E-state index contributed by atoms with van der Waals surface area (Å²) in [6, 6.07) is 3.15. The normalized spacial score (nSPS) is 10.5. The first kappa shape index (κ1) is 13.4. The molecule has 0 aliphatic rings. The van der Waals surface area contributed by atoms with Crippen LogP contribution >= 0.6 is 0 Å². The van der Waals surface area contributed by atoms with E-state index < -0.39 is 5.82 Å². The molecule has 0 amide bonds. The van der Waals surface area contributed by atoms with Gasteiger partial charge in [-0.1, -0.05) is 0 Å². The Morgan fingerprint density at radius 3 is 2.79 bits per heavy atom. The molecule has 0 saturated carbocycles. The molecule has 0 fully saturated rings. The SMILES string of the molecule is CCNc1cc(-c2cncc(F)c2)nc(COC)n1. The van der Waals surface area contributed by atoms with Crippen molar-refractivity contribution >= 4 is 5.82 Å². The quantitative estimate of drug-likeness (QED) is 0.895. The largest absolute Gasteiger partial charge is 0.377 e. The fourth-order valence-corrected chi connectivity index (χ4v) is 1.66. The molecule has 0 aliphatic heterocycles. The van der Waals surface area contributed by atoms with Gasteiger partial charge in [-0.3, -0.25) is 4.98 Å². The molecule has 0 bridgehead atoms. The van der Waals surface area contributed by atoms with Crippen molar-refractivity contribution in [3.05, 3.63) is 36.2 Å². The minimum Gasteiger partial charge on any atom is -0.377 e. The van der Waals surface area contributed by atoms with Crippen molar-refractivity contribution in [1.82, 2.24) is 15.0 Å². The van der Waals surface area contributed by atoms with Gasteiger partial charge in [0.25, 0.3) is 0 Å². The highest BCUT2D eigenvalue weighted by Crippen LogP contribution is 2.20. The van der Waals surface area contributed by atoms with Gasteiger partial charge in [0.1, 0.15) is 18.2 Å². The van der Waals surface area contributed by atoms with Crippen LogP contribution in [0.1, 0.15) is 12.7 Å². The zero-order chi connectivity index (χ0) is 13.7. The molecule has 0 saturated heterocycles. The van der Waals surface area contributed by atoms with Crippen LogP contribution in [-0.2, 0) is 11.3 Å². The summed E-state index contributed by atoms with van der Waals surface area (Å²) in [5, 5.41) is 3.11. The summed E-state index contributed by atoms with van der Waals surface area (Å²) in [5.41, 5.74) is 1.23. The Labute approximate surface area is 110 Å². The van der Waals surface area contributed by atoms with Gasteiger partial charge >= 0.3 is 0 Å². The van der Waals surface area contributed by atoms with Crippen LogP contribution in [0.4, 0.5) is 10.2 Å². The molecule has 19 heavy (non-hydrogen) atoms. The third-order valence-corrected chi connectivity index (χ3v) is 2.40. The number of anilines is 1. The Kier molecular flexibility index (Phi) is 4.35. The van der Waals surface area contributed by atoms with Gasteiger partial charge in [0, 0.05) is 31.5 Å². The third kappa shape index (κ3) is 3.45. The second kappa shape index (κ2) is 6.19. The minimum absolute atomic E-state index is 0.301. The molecule has 0 spiro atoms. The van der Waals surface area contributed by atoms with Crippen LogP contribution in [0, 0.1) is 5.82 Å². The van der Waals surface area contributed by atoms with Crippen molar-refractivity contribution in [3.8, 4) is 11.3 Å². The number of nitrogens with one attached hydrogen (secondary N) is 1. The van der Waals surface area contributed by atoms with Gasteiger partial charge in [0.05, 0.1) is 11.9 Å². The lowest BCUT2D eigenvalue weighted by Gasteiger charge is -2.08. The molecule has 1 N–H and O–H groups in total. The highest BCUT2D eigenvalue weighted by Gasteiger charge is 2.07. The number of hydrogen-bond acceptors (Lipinski definition) is 5. The number of rotatable bonds is 5. The molecule has 0 aromatic carbocycles. The number of halogens is 1. The average Bonchev–Trinajstić information content (AvgIpc) is 2.39. The first-order valence-electron chi connectivity index (χ1n) is 5.94. The fraction of sp³-hybridized carbons (Fsp3) is 0.308. The first-order chi connectivity index (χ1) is 9.22. The molecule has 0 atom stereocenters. The molecular weight excluding hydrogens is 247 g/mol. The molecule has 5 nitrogen and oxygen atoms in total. The summed E-state index contributed by atoms with van der Waals surface area (Å²) in [6.45, 7) is 3.01. The number of aromatic nitrogens is 3. The monoisotopic (exact) mass is 262 g/mol. The van der Waals surface area contributed by atoms with Gasteiger partial charge in [0.15, 0.2) is 5.82 Å². The van der Waals surface area contributed by atoms with Crippen molar-refractivity contribution in [1.29, 1.82) is 0 Å². The summed E-state index contributed by atoms with van der Waals surface area (Å²) >= 11 is 0. The summed E-state index contributed by atoms with van der Waals surface area (Å²) in [6.07, 6.45) is 2.73. The zero-order valence-corrected chi connectivity index (χ0v) is 10.9. The highest BCUT2D eigenvalue weighted by atomic mass is 19.1. The van der Waals surface area contributed by atoms with Crippen molar-refractivity contribution in [2.75, 3.05) is 19.0 Å². The summed E-state index contributed by atoms with van der Waals surface area (Å²) in [5.74, 6) is 0.832. The predicted molar refractivity (Wildman–Crippen MR) is 70.1 cm³/mol. The van der Waals surface area contributed by atoms with Crippen molar-refractivity contribution < 1.29 is 9.13 Å². The van der Waals surface area contributed by atoms with E-state index in [0.717, 1.165) is 12.7 Å². The van der Waals surface area contributed by atoms with Crippen LogP contribution < -0.4 is 5.32 Å². The smallest absolute Gasteiger partial charge is 0.157 e. The van der Waals surface area contributed by atoms with E-state index in [9.17, 15) is 4.39 Å². The standard InChI is InChI=1S/C13H15FN4O/c1-3-16-12-5-11(17-13(18-12)8-19-2)9-4-10(14)7-15-6-9/h4-7H,3,8H2,1-2H3,(H,16,17,18). The second-order valence-electron chi connectivity index (χ2n) is 3.91. The van der Waals surface area contributed by atoms with E-state index in [1.165, 1.54) is 6.07 Å². The van der Waals surface area contributed by atoms with Gasteiger partial charge in [0.2, 0.25) is 0 Å². The van der Waals surface area contributed by atoms with Gasteiger partial charge in [-0.25, -0.2) is 14.4 Å². The summed E-state index contributed by atoms with van der Waals surface area (Å²) < 4.78 is 18.2. The zero-order valence-electron chi connectivity index (χ0n) is 10.9. The number of hydrogen-bond donors (Lipinski definition) is 1. The van der Waals surface area contributed by atoms with Crippen LogP contribution in [0.15, 0.2) is 24.5 Å². The Morgan fingerprint density at radius 1 is 1.26 bits per heavy atom. The third-order valence-electron chi connectivity index (χ3n) is 2.40. The predicted octanol–water partition coefficient (Wildman–Crippen LogP) is 2.26. The van der Waals surface area contributed by atoms with Crippen LogP contribution in [0.5, 0.6) is 0 Å². The molecule has 100 valence electrons. The number of ether oxygens (including phenoxy) is 1. The number of methoxy groups -OCH3 is 1. The van der Waals surface area contributed by atoms with Gasteiger partial charge < -0.3 is 10.1 Å². The molecule has 0 unspecified atom stereocenters. The van der Waals surface area contributed by atoms with Crippen LogP contribution in [0.3, 0.4) is 0 Å². The van der Waals surface area contributed by atoms with E-state index in [2.05, 4.69) is 20.3 Å². The van der Waals surface area contributed by atoms with E-state index in [4.69, 9.17) is 4.74 Å². The Bertz CT molecular complexity index is 538. The van der Waals surface area contributed by atoms with Crippen LogP contribution in [0.25, 0.3) is 11.3 Å². The lowest BCUT2D eigenvalue weighted by Crippen LogP contribution is -2.05. The number of pyridine rings is 1. The molecule has 2 aromatic heterocycles. The minimum atomic E-state index is -0.394. The molecule has 6 heteroatoms. The maximum absolute atomic E-state index is 13.2. The lowest BCUT2D eigenvalue weighted by atomic mass is 10.2. The van der Waals surface area contributed by atoms with Crippen molar-refractivity contribution in [2.45, 2.75) is 13.5 Å². The van der Waals surface area contributed by atoms with Gasteiger partial charge in [-0.2, -0.15) is 0 Å². The van der Waals surface area contributed by atoms with Crippen molar-refractivity contribution in [2.24, 2.45) is 0 Å². The van der Waals surface area contributed by atoms with Gasteiger partial charge in [-0.05, 0) is 13.0 Å². The molecule has 2 rings (SSSR count). The fourth-order valence-electron chi connectivity index (χ4n) is 1.66. The summed E-state index contributed by atoms with van der Waals surface area (Å²) in [7, 11) is 1.58. The van der Waals surface area contributed by atoms with E-state index in [-0.39, 0.29) is 0 Å². The maximum atomic E-state index is 13.2. The first-order valence-corrected chi connectivity index (χ1v) is 5.94. The van der Waals surface area contributed by atoms with E-state index >= 15 is 0 Å². The molecule has 2 aromatic rings. The topological polar surface area (TPSA) is 59.9 Å². The van der Waals surface area contributed by atoms with E-state index in [0.29, 0.717) is 29.5 Å². The van der Waals surface area contributed by atoms with E-state index in [1.54, 1.807) is 19.4 Å². The Balaban J connectivity index is 2.43. The molecule has 0 radical (unpaired) electrons. The van der Waals surface area contributed by atoms with Crippen LogP contribution in [0.2, 0.25) is 0 Å². The number of nitrogens with zero attached hydrogens (tertiary/aromatic N) is 3. The van der Waals surface area contributed by atoms with E-state index in [1.807, 2.05) is 6.92 Å².